The maximum atomic E-state index is 12.0. The fraction of sp³-hybridized carbons (Fsp3) is 0.238. The molecule has 0 fully saturated rings. The molecule has 0 heterocycles. The second-order valence-corrected chi connectivity index (χ2v) is 6.92. The Hall–Kier alpha value is -3.08. The Morgan fingerprint density at radius 3 is 2.27 bits per heavy atom. The van der Waals surface area contributed by atoms with Crippen molar-refractivity contribution in [3.8, 4) is 5.75 Å². The van der Waals surface area contributed by atoms with Crippen LogP contribution in [-0.4, -0.2) is 24.1 Å². The van der Waals surface area contributed by atoms with Gasteiger partial charge >= 0.3 is 5.97 Å². The Bertz CT molecular complexity index is 830. The van der Waals surface area contributed by atoms with Crippen LogP contribution in [0.5, 0.6) is 5.75 Å². The van der Waals surface area contributed by atoms with Gasteiger partial charge in [-0.05, 0) is 40.8 Å². The third kappa shape index (κ3) is 4.96. The van der Waals surface area contributed by atoms with Gasteiger partial charge in [-0.3, -0.25) is 4.79 Å². The smallest absolute Gasteiger partial charge is 0.337 e. The summed E-state index contributed by atoms with van der Waals surface area (Å²) in [4.78, 5) is 23.5. The Kier molecular flexibility index (Phi) is 5.82. The molecule has 0 aliphatic rings. The number of carbonyl (C=O) groups excluding carboxylic acids is 2. The second kappa shape index (κ2) is 7.87. The largest absolute Gasteiger partial charge is 0.506 e. The highest BCUT2D eigenvalue weighted by molar-refractivity contribution is 6.03. The maximum Gasteiger partial charge on any atom is 0.337 e. The molecule has 0 spiro atoms. The van der Waals surface area contributed by atoms with E-state index in [0.29, 0.717) is 0 Å². The van der Waals surface area contributed by atoms with Gasteiger partial charge in [-0.25, -0.2) is 4.79 Å². The van der Waals surface area contributed by atoms with Crippen LogP contribution in [0.1, 0.15) is 42.3 Å². The Morgan fingerprint density at radius 1 is 1.08 bits per heavy atom. The minimum Gasteiger partial charge on any atom is -0.506 e. The molecule has 0 aliphatic heterocycles. The average molecular weight is 353 g/mol. The van der Waals surface area contributed by atoms with Crippen LogP contribution in [0, 0.1) is 0 Å². The molecular formula is C21H23NO4. The van der Waals surface area contributed by atoms with Crippen LogP contribution >= 0.6 is 0 Å². The van der Waals surface area contributed by atoms with Gasteiger partial charge in [0, 0.05) is 6.08 Å². The lowest BCUT2D eigenvalue weighted by Crippen LogP contribution is -2.10. The first-order valence-corrected chi connectivity index (χ1v) is 8.21. The first-order valence-electron chi connectivity index (χ1n) is 8.21. The summed E-state index contributed by atoms with van der Waals surface area (Å²) in [5.74, 6) is -1.15. The summed E-state index contributed by atoms with van der Waals surface area (Å²) in [5.41, 5.74) is 2.62. The SMILES string of the molecule is COC(=O)c1ccc(NC(=O)/C=C/c2ccc(C(C)(C)C)cc2)c(O)c1. The van der Waals surface area contributed by atoms with Crippen molar-refractivity contribution in [2.75, 3.05) is 12.4 Å². The molecule has 136 valence electrons. The molecule has 0 saturated carbocycles. The maximum absolute atomic E-state index is 12.0. The molecule has 5 nitrogen and oxygen atoms in total. The Balaban J connectivity index is 2.04. The van der Waals surface area contributed by atoms with E-state index in [1.165, 1.54) is 36.9 Å². The van der Waals surface area contributed by atoms with E-state index in [1.54, 1.807) is 6.08 Å². The minimum absolute atomic E-state index is 0.0769. The fourth-order valence-electron chi connectivity index (χ4n) is 2.32. The van der Waals surface area contributed by atoms with Gasteiger partial charge in [-0.15, -0.1) is 0 Å². The normalized spacial score (nSPS) is 11.4. The first kappa shape index (κ1) is 19.2. The van der Waals surface area contributed by atoms with Gasteiger partial charge < -0.3 is 15.2 Å². The van der Waals surface area contributed by atoms with Crippen LogP contribution in [0.3, 0.4) is 0 Å². The van der Waals surface area contributed by atoms with E-state index in [2.05, 4.69) is 30.8 Å². The molecular weight excluding hydrogens is 330 g/mol. The lowest BCUT2D eigenvalue weighted by atomic mass is 9.87. The van der Waals surface area contributed by atoms with Crippen LogP contribution in [0.15, 0.2) is 48.5 Å². The van der Waals surface area contributed by atoms with Gasteiger partial charge in [0.2, 0.25) is 5.91 Å². The monoisotopic (exact) mass is 353 g/mol. The van der Waals surface area contributed by atoms with Crippen LogP contribution in [0.2, 0.25) is 0 Å². The highest BCUT2D eigenvalue weighted by Crippen LogP contribution is 2.25. The van der Waals surface area contributed by atoms with E-state index in [1.807, 2.05) is 24.3 Å². The van der Waals surface area contributed by atoms with Crippen molar-refractivity contribution >= 4 is 23.6 Å². The quantitative estimate of drug-likeness (QED) is 0.492. The van der Waals surface area contributed by atoms with Gasteiger partial charge in [0.1, 0.15) is 5.75 Å². The molecule has 0 unspecified atom stereocenters. The number of aromatic hydroxyl groups is 1. The molecule has 26 heavy (non-hydrogen) atoms. The number of phenols is 1. The summed E-state index contributed by atoms with van der Waals surface area (Å²) < 4.78 is 4.58. The predicted molar refractivity (Wildman–Crippen MR) is 102 cm³/mol. The molecule has 2 N–H and O–H groups in total. The summed E-state index contributed by atoms with van der Waals surface area (Å²) in [6.45, 7) is 6.43. The van der Waals surface area contributed by atoms with Crippen LogP contribution in [0.4, 0.5) is 5.69 Å². The van der Waals surface area contributed by atoms with E-state index < -0.39 is 5.97 Å². The third-order valence-electron chi connectivity index (χ3n) is 3.88. The number of nitrogens with one attached hydrogen (secondary N) is 1. The van der Waals surface area contributed by atoms with Crippen molar-refractivity contribution in [1.29, 1.82) is 0 Å². The summed E-state index contributed by atoms with van der Waals surface area (Å²) in [5, 5.41) is 12.5. The van der Waals surface area contributed by atoms with Crippen LogP contribution in [0.25, 0.3) is 6.08 Å². The van der Waals surface area contributed by atoms with Gasteiger partial charge in [-0.1, -0.05) is 45.0 Å². The molecule has 1 amide bonds. The molecule has 0 atom stereocenters. The molecule has 0 aliphatic carbocycles. The summed E-state index contributed by atoms with van der Waals surface area (Å²) in [6.07, 6.45) is 3.08. The summed E-state index contributed by atoms with van der Waals surface area (Å²) in [7, 11) is 1.26. The first-order chi connectivity index (χ1) is 12.2. The number of benzene rings is 2. The second-order valence-electron chi connectivity index (χ2n) is 6.92. The van der Waals surface area contributed by atoms with E-state index in [0.717, 1.165) is 5.56 Å². The fourth-order valence-corrected chi connectivity index (χ4v) is 2.32. The van der Waals surface area contributed by atoms with Gasteiger partial charge in [0.25, 0.3) is 0 Å². The number of anilines is 1. The van der Waals surface area contributed by atoms with Crippen LogP contribution in [-0.2, 0) is 14.9 Å². The van der Waals surface area contributed by atoms with Crippen molar-refractivity contribution in [3.63, 3.8) is 0 Å². The zero-order chi connectivity index (χ0) is 19.3. The summed E-state index contributed by atoms with van der Waals surface area (Å²) >= 11 is 0. The van der Waals surface area contributed by atoms with Crippen molar-refractivity contribution < 1.29 is 19.4 Å². The zero-order valence-electron chi connectivity index (χ0n) is 15.4. The molecule has 2 aromatic carbocycles. The van der Waals surface area contributed by atoms with Crippen molar-refractivity contribution in [2.24, 2.45) is 0 Å². The number of hydrogen-bond acceptors (Lipinski definition) is 4. The number of carbonyl (C=O) groups is 2. The lowest BCUT2D eigenvalue weighted by molar-refractivity contribution is -0.111. The standard InChI is InChI=1S/C21H23NO4/c1-21(2,3)16-9-5-14(6-10-16)7-12-19(24)22-17-11-8-15(13-18(17)23)20(25)26-4/h5-13,23H,1-4H3,(H,22,24)/b12-7+. The van der Waals surface area contributed by atoms with E-state index in [-0.39, 0.29) is 28.3 Å². The number of ether oxygens (including phenoxy) is 1. The number of phenolic OH excluding ortho intramolecular Hbond substituents is 1. The minimum atomic E-state index is -0.559. The molecule has 0 aromatic heterocycles. The van der Waals surface area contributed by atoms with E-state index in [4.69, 9.17) is 0 Å². The topological polar surface area (TPSA) is 75.6 Å². The Labute approximate surface area is 153 Å². The van der Waals surface area contributed by atoms with Crippen molar-refractivity contribution in [2.45, 2.75) is 26.2 Å². The third-order valence-corrected chi connectivity index (χ3v) is 3.88. The Morgan fingerprint density at radius 2 is 1.73 bits per heavy atom. The zero-order valence-corrected chi connectivity index (χ0v) is 15.4. The van der Waals surface area contributed by atoms with Gasteiger partial charge in [0.05, 0.1) is 18.4 Å². The molecule has 0 bridgehead atoms. The van der Waals surface area contributed by atoms with Crippen molar-refractivity contribution in [3.05, 3.63) is 65.2 Å². The van der Waals surface area contributed by atoms with Crippen LogP contribution < -0.4 is 5.32 Å². The van der Waals surface area contributed by atoms with Gasteiger partial charge in [0.15, 0.2) is 0 Å². The molecule has 2 aromatic rings. The molecule has 0 saturated heterocycles. The van der Waals surface area contributed by atoms with E-state index in [9.17, 15) is 14.7 Å². The number of hydrogen-bond donors (Lipinski definition) is 2. The van der Waals surface area contributed by atoms with Crippen molar-refractivity contribution in [1.82, 2.24) is 0 Å². The van der Waals surface area contributed by atoms with E-state index >= 15 is 0 Å². The molecule has 0 radical (unpaired) electrons. The lowest BCUT2D eigenvalue weighted by Gasteiger charge is -2.18. The number of amides is 1. The highest BCUT2D eigenvalue weighted by Gasteiger charge is 2.13. The summed E-state index contributed by atoms with van der Waals surface area (Å²) in [6, 6.07) is 12.1. The average Bonchev–Trinajstić information content (AvgIpc) is 2.60. The molecule has 2 rings (SSSR count). The number of rotatable bonds is 4. The number of methoxy groups -OCH3 is 1. The predicted octanol–water partition coefficient (Wildman–Crippen LogP) is 4.13. The molecule has 5 heteroatoms. The number of esters is 1. The van der Waals surface area contributed by atoms with Gasteiger partial charge in [-0.2, -0.15) is 0 Å². The highest BCUT2D eigenvalue weighted by atomic mass is 16.5.